The van der Waals surface area contributed by atoms with E-state index in [2.05, 4.69) is 19.6 Å². The van der Waals surface area contributed by atoms with E-state index in [4.69, 9.17) is 14.5 Å². The zero-order valence-electron chi connectivity index (χ0n) is 12.0. The first kappa shape index (κ1) is 18.3. The van der Waals surface area contributed by atoms with E-state index < -0.39 is 42.5 Å². The minimum atomic E-state index is -1.57. The summed E-state index contributed by atoms with van der Waals surface area (Å²) in [5, 5.41) is 9.69. The lowest BCUT2D eigenvalue weighted by atomic mass is 10.1. The Morgan fingerprint density at radius 2 is 1.32 bits per heavy atom. The highest BCUT2D eigenvalue weighted by molar-refractivity contribution is 5.65. The van der Waals surface area contributed by atoms with Crippen LogP contribution in [0.5, 0.6) is 0 Å². The van der Waals surface area contributed by atoms with Crippen LogP contribution in [0, 0.1) is 0 Å². The molecule has 0 aromatic carbocycles. The third-order valence-corrected chi connectivity index (χ3v) is 2.24. The third-order valence-electron chi connectivity index (χ3n) is 2.24. The average Bonchev–Trinajstić information content (AvgIpc) is 2.42. The van der Waals surface area contributed by atoms with E-state index in [1.165, 1.54) is 0 Å². The molecule has 0 amide bonds. The number of rotatable bonds is 6. The monoisotopic (exact) mass is 324 g/mol. The standard InChI is InChI=1S/C11H16O11/c1-5(12)17-20-8-4-16-11(15)10(22-19-7(3)14)9(8)21-18-6(2)13/h8-11,15H,4H2,1-3H3/t8-,9+,10-,11?/m1/s1. The van der Waals surface area contributed by atoms with Gasteiger partial charge in [-0.2, -0.15) is 14.7 Å². The first-order chi connectivity index (χ1) is 10.3. The van der Waals surface area contributed by atoms with Gasteiger partial charge in [0.15, 0.2) is 24.6 Å². The Labute approximate surface area is 124 Å². The first-order valence-corrected chi connectivity index (χ1v) is 6.12. The molecule has 1 fully saturated rings. The van der Waals surface area contributed by atoms with Gasteiger partial charge in [-0.1, -0.05) is 0 Å². The number of aliphatic hydroxyl groups is 1. The molecule has 22 heavy (non-hydrogen) atoms. The quantitative estimate of drug-likeness (QED) is 0.472. The van der Waals surface area contributed by atoms with E-state index in [1.807, 2.05) is 0 Å². The minimum Gasteiger partial charge on any atom is -0.366 e. The molecule has 0 saturated carbocycles. The van der Waals surface area contributed by atoms with E-state index in [0.717, 1.165) is 20.8 Å². The van der Waals surface area contributed by atoms with E-state index in [-0.39, 0.29) is 6.61 Å². The molecule has 1 aliphatic rings. The molecule has 11 heteroatoms. The van der Waals surface area contributed by atoms with Gasteiger partial charge in [-0.25, -0.2) is 14.4 Å². The Morgan fingerprint density at radius 3 is 1.82 bits per heavy atom. The van der Waals surface area contributed by atoms with Crippen LogP contribution in [0.3, 0.4) is 0 Å². The highest BCUT2D eigenvalue weighted by Gasteiger charge is 2.46. The van der Waals surface area contributed by atoms with Gasteiger partial charge in [0, 0.05) is 20.8 Å². The molecular formula is C11H16O11. The van der Waals surface area contributed by atoms with Crippen molar-refractivity contribution in [2.24, 2.45) is 0 Å². The molecule has 1 heterocycles. The highest BCUT2D eigenvalue weighted by Crippen LogP contribution is 2.23. The summed E-state index contributed by atoms with van der Waals surface area (Å²) in [5.74, 6) is -2.35. The molecule has 0 radical (unpaired) electrons. The van der Waals surface area contributed by atoms with Crippen molar-refractivity contribution in [1.29, 1.82) is 0 Å². The Balaban J connectivity index is 2.78. The van der Waals surface area contributed by atoms with Crippen LogP contribution in [0.25, 0.3) is 0 Å². The lowest BCUT2D eigenvalue weighted by Gasteiger charge is -2.35. The molecular weight excluding hydrogens is 308 g/mol. The second-order valence-electron chi connectivity index (χ2n) is 4.20. The summed E-state index contributed by atoms with van der Waals surface area (Å²) in [6, 6.07) is 0. The molecule has 0 spiro atoms. The number of hydrogen-bond acceptors (Lipinski definition) is 11. The maximum Gasteiger partial charge on any atom is 0.339 e. The van der Waals surface area contributed by atoms with Crippen LogP contribution in [0.1, 0.15) is 20.8 Å². The Bertz CT molecular complexity index is 409. The van der Waals surface area contributed by atoms with Crippen LogP contribution < -0.4 is 0 Å². The molecule has 1 saturated heterocycles. The predicted octanol–water partition coefficient (Wildman–Crippen LogP) is -1.08. The minimum absolute atomic E-state index is 0.277. The van der Waals surface area contributed by atoms with Crippen molar-refractivity contribution >= 4 is 17.9 Å². The molecule has 1 aliphatic heterocycles. The number of carbonyl (C=O) groups is 3. The Hall–Kier alpha value is -1.79. The first-order valence-electron chi connectivity index (χ1n) is 6.12. The number of hydrogen-bond donors (Lipinski definition) is 1. The molecule has 0 aromatic heterocycles. The van der Waals surface area contributed by atoms with Crippen LogP contribution >= 0.6 is 0 Å². The lowest BCUT2D eigenvalue weighted by Crippen LogP contribution is -2.56. The second kappa shape index (κ2) is 8.60. The molecule has 126 valence electrons. The second-order valence-corrected chi connectivity index (χ2v) is 4.20. The summed E-state index contributed by atoms with van der Waals surface area (Å²) in [7, 11) is 0. The highest BCUT2D eigenvalue weighted by atomic mass is 17.3. The summed E-state index contributed by atoms with van der Waals surface area (Å²) < 4.78 is 4.91. The summed E-state index contributed by atoms with van der Waals surface area (Å²) in [5.41, 5.74) is 0. The number of carbonyl (C=O) groups excluding carboxylic acids is 3. The van der Waals surface area contributed by atoms with Gasteiger partial charge >= 0.3 is 17.9 Å². The zero-order valence-corrected chi connectivity index (χ0v) is 12.0. The normalized spacial score (nSPS) is 27.8. The summed E-state index contributed by atoms with van der Waals surface area (Å²) >= 11 is 0. The maximum absolute atomic E-state index is 10.8. The van der Waals surface area contributed by atoms with Gasteiger partial charge < -0.3 is 9.84 Å². The fourth-order valence-corrected chi connectivity index (χ4v) is 1.43. The molecule has 11 nitrogen and oxygen atoms in total. The topological polar surface area (TPSA) is 136 Å². The SMILES string of the molecule is CC(=O)OO[C@H]1[C@H](OOC(C)=O)COC(O)[C@@H]1OOC(C)=O. The maximum atomic E-state index is 10.8. The predicted molar refractivity (Wildman–Crippen MR) is 61.9 cm³/mol. The summed E-state index contributed by atoms with van der Waals surface area (Å²) in [4.78, 5) is 59.6. The van der Waals surface area contributed by atoms with Crippen LogP contribution in [-0.2, 0) is 48.4 Å². The molecule has 1 N–H and O–H groups in total. The fourth-order valence-electron chi connectivity index (χ4n) is 1.43. The third kappa shape index (κ3) is 5.91. The largest absolute Gasteiger partial charge is 0.366 e. The molecule has 1 unspecified atom stereocenters. The van der Waals surface area contributed by atoms with Crippen molar-refractivity contribution in [1.82, 2.24) is 0 Å². The van der Waals surface area contributed by atoms with Crippen molar-refractivity contribution in [2.75, 3.05) is 6.61 Å². The van der Waals surface area contributed by atoms with E-state index in [0.29, 0.717) is 0 Å². The van der Waals surface area contributed by atoms with Crippen molar-refractivity contribution in [3.63, 3.8) is 0 Å². The summed E-state index contributed by atoms with van der Waals surface area (Å²) in [6.45, 7) is 2.94. The number of ether oxygens (including phenoxy) is 1. The molecule has 0 aliphatic carbocycles. The van der Waals surface area contributed by atoms with Gasteiger partial charge in [-0.05, 0) is 0 Å². The van der Waals surface area contributed by atoms with Crippen molar-refractivity contribution in [3.8, 4) is 0 Å². The van der Waals surface area contributed by atoms with Gasteiger partial charge in [0.1, 0.15) is 0 Å². The van der Waals surface area contributed by atoms with Crippen molar-refractivity contribution in [3.05, 3.63) is 0 Å². The van der Waals surface area contributed by atoms with Gasteiger partial charge in [0.25, 0.3) is 0 Å². The Kier molecular flexibility index (Phi) is 7.14. The van der Waals surface area contributed by atoms with E-state index >= 15 is 0 Å². The van der Waals surface area contributed by atoms with Gasteiger partial charge in [-0.15, -0.1) is 0 Å². The van der Waals surface area contributed by atoms with E-state index in [9.17, 15) is 19.5 Å². The van der Waals surface area contributed by atoms with Crippen LogP contribution in [0.4, 0.5) is 0 Å². The Morgan fingerprint density at radius 1 is 0.864 bits per heavy atom. The van der Waals surface area contributed by atoms with E-state index in [1.54, 1.807) is 0 Å². The van der Waals surface area contributed by atoms with Gasteiger partial charge in [0.05, 0.1) is 6.61 Å². The smallest absolute Gasteiger partial charge is 0.339 e. The van der Waals surface area contributed by atoms with Crippen LogP contribution in [0.2, 0.25) is 0 Å². The van der Waals surface area contributed by atoms with Crippen molar-refractivity contribution in [2.45, 2.75) is 45.4 Å². The molecule has 0 aromatic rings. The molecule has 1 rings (SSSR count). The fraction of sp³-hybridized carbons (Fsp3) is 0.727. The zero-order chi connectivity index (χ0) is 16.7. The van der Waals surface area contributed by atoms with Crippen molar-refractivity contribution < 1.29 is 53.6 Å². The lowest BCUT2D eigenvalue weighted by molar-refractivity contribution is -0.438. The summed E-state index contributed by atoms with van der Waals surface area (Å²) in [6.07, 6.45) is -5.41. The van der Waals surface area contributed by atoms with Crippen LogP contribution in [-0.4, -0.2) is 54.2 Å². The van der Waals surface area contributed by atoms with Gasteiger partial charge in [-0.3, -0.25) is 14.7 Å². The molecule has 4 atom stereocenters. The van der Waals surface area contributed by atoms with Crippen LogP contribution in [0.15, 0.2) is 0 Å². The average molecular weight is 324 g/mol. The number of aliphatic hydroxyl groups excluding tert-OH is 1. The van der Waals surface area contributed by atoms with Gasteiger partial charge in [0.2, 0.25) is 0 Å². The molecule has 0 bridgehead atoms.